The van der Waals surface area contributed by atoms with Gasteiger partial charge in [-0.15, -0.1) is 0 Å². The first-order chi connectivity index (χ1) is 9.43. The SMILES string of the molecule is CNCCC(=O)NCC(=O)Nc1c(C)cc(C)cc1C. The normalized spacial score (nSPS) is 10.2. The lowest BCUT2D eigenvalue weighted by atomic mass is 10.1. The number of carbonyl (C=O) groups excluding carboxylic acids is 2. The van der Waals surface area contributed by atoms with Gasteiger partial charge in [0.25, 0.3) is 0 Å². The summed E-state index contributed by atoms with van der Waals surface area (Å²) in [5.74, 6) is -0.343. The minimum atomic E-state index is -0.210. The first-order valence-electron chi connectivity index (χ1n) is 6.73. The molecule has 0 spiro atoms. The van der Waals surface area contributed by atoms with Crippen LogP contribution in [0.15, 0.2) is 12.1 Å². The summed E-state index contributed by atoms with van der Waals surface area (Å²) < 4.78 is 0. The summed E-state index contributed by atoms with van der Waals surface area (Å²) in [5, 5.41) is 8.33. The maximum atomic E-state index is 11.8. The Morgan fingerprint density at radius 2 is 1.65 bits per heavy atom. The van der Waals surface area contributed by atoms with Gasteiger partial charge in [-0.25, -0.2) is 0 Å². The van der Waals surface area contributed by atoms with Crippen molar-refractivity contribution in [1.82, 2.24) is 10.6 Å². The van der Waals surface area contributed by atoms with E-state index in [-0.39, 0.29) is 18.4 Å². The molecule has 1 rings (SSSR count). The van der Waals surface area contributed by atoms with E-state index < -0.39 is 0 Å². The molecule has 0 fully saturated rings. The van der Waals surface area contributed by atoms with Crippen molar-refractivity contribution in [3.05, 3.63) is 28.8 Å². The quantitative estimate of drug-likeness (QED) is 0.733. The minimum absolute atomic E-state index is 0.00466. The van der Waals surface area contributed by atoms with Crippen molar-refractivity contribution in [2.45, 2.75) is 27.2 Å². The maximum Gasteiger partial charge on any atom is 0.243 e. The van der Waals surface area contributed by atoms with Crippen LogP contribution in [0, 0.1) is 20.8 Å². The van der Waals surface area contributed by atoms with Gasteiger partial charge < -0.3 is 16.0 Å². The van der Waals surface area contributed by atoms with Gasteiger partial charge in [0.05, 0.1) is 6.54 Å². The molecule has 0 saturated heterocycles. The van der Waals surface area contributed by atoms with Gasteiger partial charge in [0.2, 0.25) is 11.8 Å². The van der Waals surface area contributed by atoms with Crippen molar-refractivity contribution in [3.63, 3.8) is 0 Å². The highest BCUT2D eigenvalue weighted by Gasteiger charge is 2.09. The number of hydrogen-bond donors (Lipinski definition) is 3. The molecule has 0 radical (unpaired) electrons. The van der Waals surface area contributed by atoms with E-state index in [1.807, 2.05) is 32.9 Å². The van der Waals surface area contributed by atoms with E-state index in [1.165, 1.54) is 5.56 Å². The fourth-order valence-corrected chi connectivity index (χ4v) is 2.07. The molecule has 0 heterocycles. The Labute approximate surface area is 120 Å². The topological polar surface area (TPSA) is 70.2 Å². The molecule has 1 aromatic rings. The molecule has 0 atom stereocenters. The number of aryl methyl sites for hydroxylation is 3. The third-order valence-corrected chi connectivity index (χ3v) is 2.99. The van der Waals surface area contributed by atoms with Crippen LogP contribution in [-0.2, 0) is 9.59 Å². The predicted octanol–water partition coefficient (Wildman–Crippen LogP) is 1.28. The molecule has 0 aliphatic rings. The minimum Gasteiger partial charge on any atom is -0.347 e. The van der Waals surface area contributed by atoms with Crippen molar-refractivity contribution < 1.29 is 9.59 Å². The first kappa shape index (κ1) is 16.2. The molecular formula is C15H23N3O2. The fourth-order valence-electron chi connectivity index (χ4n) is 2.07. The van der Waals surface area contributed by atoms with Crippen molar-refractivity contribution in [3.8, 4) is 0 Å². The van der Waals surface area contributed by atoms with Gasteiger partial charge in [-0.3, -0.25) is 9.59 Å². The lowest BCUT2D eigenvalue weighted by Gasteiger charge is -2.13. The average molecular weight is 277 g/mol. The van der Waals surface area contributed by atoms with E-state index in [0.29, 0.717) is 13.0 Å². The molecule has 110 valence electrons. The van der Waals surface area contributed by atoms with Crippen LogP contribution in [0.3, 0.4) is 0 Å². The van der Waals surface area contributed by atoms with Crippen molar-refractivity contribution in [2.24, 2.45) is 0 Å². The molecule has 0 saturated carbocycles. The first-order valence-corrected chi connectivity index (χ1v) is 6.73. The maximum absolute atomic E-state index is 11.8. The Kier molecular flexibility index (Phi) is 6.18. The van der Waals surface area contributed by atoms with E-state index >= 15 is 0 Å². The number of benzene rings is 1. The van der Waals surface area contributed by atoms with Gasteiger partial charge in [0.1, 0.15) is 0 Å². The number of hydrogen-bond acceptors (Lipinski definition) is 3. The van der Waals surface area contributed by atoms with E-state index in [2.05, 4.69) is 16.0 Å². The van der Waals surface area contributed by atoms with Crippen LogP contribution >= 0.6 is 0 Å². The second-order valence-electron chi connectivity index (χ2n) is 4.95. The zero-order valence-electron chi connectivity index (χ0n) is 12.6. The summed E-state index contributed by atoms with van der Waals surface area (Å²) in [6, 6.07) is 4.04. The monoisotopic (exact) mass is 277 g/mol. The molecule has 5 heteroatoms. The van der Waals surface area contributed by atoms with Gasteiger partial charge >= 0.3 is 0 Å². The van der Waals surface area contributed by atoms with E-state index in [1.54, 1.807) is 7.05 Å². The lowest BCUT2D eigenvalue weighted by Crippen LogP contribution is -2.34. The third-order valence-electron chi connectivity index (χ3n) is 2.99. The molecule has 0 aliphatic heterocycles. The number of carbonyl (C=O) groups is 2. The van der Waals surface area contributed by atoms with Crippen LogP contribution in [0.1, 0.15) is 23.1 Å². The van der Waals surface area contributed by atoms with Gasteiger partial charge in [-0.2, -0.15) is 0 Å². The number of amides is 2. The summed E-state index contributed by atoms with van der Waals surface area (Å²) >= 11 is 0. The van der Waals surface area contributed by atoms with E-state index in [0.717, 1.165) is 16.8 Å². The number of anilines is 1. The molecule has 3 N–H and O–H groups in total. The Morgan fingerprint density at radius 1 is 1.05 bits per heavy atom. The number of nitrogens with one attached hydrogen (secondary N) is 3. The van der Waals surface area contributed by atoms with Crippen molar-refractivity contribution in [1.29, 1.82) is 0 Å². The van der Waals surface area contributed by atoms with Crippen LogP contribution in [0.2, 0.25) is 0 Å². The predicted molar refractivity (Wildman–Crippen MR) is 80.8 cm³/mol. The smallest absolute Gasteiger partial charge is 0.243 e. The van der Waals surface area contributed by atoms with Gasteiger partial charge in [0, 0.05) is 18.7 Å². The zero-order chi connectivity index (χ0) is 15.1. The van der Waals surface area contributed by atoms with Crippen LogP contribution in [0.25, 0.3) is 0 Å². The van der Waals surface area contributed by atoms with Gasteiger partial charge in [0.15, 0.2) is 0 Å². The fraction of sp³-hybridized carbons (Fsp3) is 0.467. The molecule has 1 aromatic carbocycles. The van der Waals surface area contributed by atoms with Gasteiger partial charge in [-0.1, -0.05) is 17.7 Å². The molecule has 5 nitrogen and oxygen atoms in total. The highest BCUT2D eigenvalue weighted by molar-refractivity contribution is 5.95. The van der Waals surface area contributed by atoms with Crippen LogP contribution in [0.4, 0.5) is 5.69 Å². The Morgan fingerprint density at radius 3 is 2.20 bits per heavy atom. The molecule has 20 heavy (non-hydrogen) atoms. The second-order valence-corrected chi connectivity index (χ2v) is 4.95. The Balaban J connectivity index is 2.53. The largest absolute Gasteiger partial charge is 0.347 e. The highest BCUT2D eigenvalue weighted by Crippen LogP contribution is 2.21. The van der Waals surface area contributed by atoms with Gasteiger partial charge in [-0.05, 0) is 38.9 Å². The summed E-state index contributed by atoms with van der Waals surface area (Å²) in [4.78, 5) is 23.2. The Hall–Kier alpha value is -1.88. The summed E-state index contributed by atoms with van der Waals surface area (Å²) in [6.07, 6.45) is 0.367. The average Bonchev–Trinajstić information content (AvgIpc) is 2.38. The highest BCUT2D eigenvalue weighted by atomic mass is 16.2. The molecule has 2 amide bonds. The van der Waals surface area contributed by atoms with Crippen molar-refractivity contribution in [2.75, 3.05) is 25.5 Å². The number of rotatable bonds is 6. The molecular weight excluding hydrogens is 254 g/mol. The molecule has 0 bridgehead atoms. The molecule has 0 aliphatic carbocycles. The lowest BCUT2D eigenvalue weighted by molar-refractivity contribution is -0.124. The van der Waals surface area contributed by atoms with E-state index in [4.69, 9.17) is 0 Å². The summed E-state index contributed by atoms with van der Waals surface area (Å²) in [6.45, 7) is 6.54. The standard InChI is InChI=1S/C15H23N3O2/c1-10-7-11(2)15(12(3)8-10)18-14(20)9-17-13(19)5-6-16-4/h7-8,16H,5-6,9H2,1-4H3,(H,17,19)(H,18,20). The summed E-state index contributed by atoms with van der Waals surface area (Å²) in [5.41, 5.74) is 4.04. The second kappa shape index (κ2) is 7.65. The van der Waals surface area contributed by atoms with Crippen LogP contribution in [-0.4, -0.2) is 32.0 Å². The van der Waals surface area contributed by atoms with Crippen LogP contribution < -0.4 is 16.0 Å². The van der Waals surface area contributed by atoms with Crippen LogP contribution in [0.5, 0.6) is 0 Å². The zero-order valence-corrected chi connectivity index (χ0v) is 12.6. The summed E-state index contributed by atoms with van der Waals surface area (Å²) in [7, 11) is 1.78. The van der Waals surface area contributed by atoms with E-state index in [9.17, 15) is 9.59 Å². The molecule has 0 unspecified atom stereocenters. The molecule has 0 aromatic heterocycles. The Bertz CT molecular complexity index is 475. The van der Waals surface area contributed by atoms with Crippen molar-refractivity contribution >= 4 is 17.5 Å². The third kappa shape index (κ3) is 5.01.